The summed E-state index contributed by atoms with van der Waals surface area (Å²) in [4.78, 5) is 30.1. The van der Waals surface area contributed by atoms with Gasteiger partial charge >= 0.3 is 0 Å². The van der Waals surface area contributed by atoms with Crippen LogP contribution >= 0.6 is 24.0 Å². The molecule has 1 aliphatic heterocycles. The molecular weight excluding hydrogens is 533 g/mol. The van der Waals surface area contributed by atoms with Crippen molar-refractivity contribution in [2.45, 2.75) is 32.9 Å². The third-order valence-corrected chi connectivity index (χ3v) is 5.57. The summed E-state index contributed by atoms with van der Waals surface area (Å²) in [7, 11) is -3.00. The summed E-state index contributed by atoms with van der Waals surface area (Å²) in [5, 5.41) is 9.07. The molecule has 31 heavy (non-hydrogen) atoms. The third kappa shape index (κ3) is 9.85. The molecule has 1 aromatic rings. The molecule has 2 rings (SSSR count). The van der Waals surface area contributed by atoms with Crippen LogP contribution < -0.4 is 16.0 Å². The minimum atomic E-state index is -3.00. The second kappa shape index (κ2) is 12.8. The first-order valence-electron chi connectivity index (χ1n) is 10.1. The molecule has 3 N–H and O–H groups in total. The highest BCUT2D eigenvalue weighted by atomic mass is 127. The zero-order chi connectivity index (χ0) is 22.1. The van der Waals surface area contributed by atoms with E-state index in [0.717, 1.165) is 5.56 Å². The standard InChI is InChI=1S/C20H31N5O4S.HI/c1-4-21-20(24-15(2)9-12-30(3,28)29)23-13-16-5-7-17(8-6-16)19(27)25-11-10-22-18(26)14-25;/h5-8,15H,4,9-14H2,1-3H3,(H,22,26)(H2,21,23,24);1H. The van der Waals surface area contributed by atoms with Crippen LogP contribution in [0.25, 0.3) is 0 Å². The maximum Gasteiger partial charge on any atom is 0.254 e. The highest BCUT2D eigenvalue weighted by Gasteiger charge is 2.22. The van der Waals surface area contributed by atoms with Crippen LogP contribution in [0.3, 0.4) is 0 Å². The molecule has 0 saturated carbocycles. The third-order valence-electron chi connectivity index (χ3n) is 4.60. The maximum absolute atomic E-state index is 12.5. The number of sulfone groups is 1. The van der Waals surface area contributed by atoms with Crippen LogP contribution in [0.15, 0.2) is 29.3 Å². The number of guanidine groups is 1. The summed E-state index contributed by atoms with van der Waals surface area (Å²) in [5.41, 5.74) is 1.47. The van der Waals surface area contributed by atoms with Gasteiger partial charge in [0.25, 0.3) is 5.91 Å². The summed E-state index contributed by atoms with van der Waals surface area (Å²) in [6.07, 6.45) is 1.72. The maximum atomic E-state index is 12.5. The Balaban J connectivity index is 0.00000480. The second-order valence-corrected chi connectivity index (χ2v) is 9.69. The minimum Gasteiger partial charge on any atom is -0.357 e. The number of benzene rings is 1. The Hall–Kier alpha value is -1.89. The van der Waals surface area contributed by atoms with E-state index in [4.69, 9.17) is 0 Å². The molecular formula is C20H32IN5O4S. The summed E-state index contributed by atoms with van der Waals surface area (Å²) in [6.45, 7) is 6.03. The average molecular weight is 565 g/mol. The highest BCUT2D eigenvalue weighted by Crippen LogP contribution is 2.10. The lowest BCUT2D eigenvalue weighted by atomic mass is 10.1. The van der Waals surface area contributed by atoms with Crippen LogP contribution in [-0.2, 0) is 21.2 Å². The average Bonchev–Trinajstić information content (AvgIpc) is 2.70. The van der Waals surface area contributed by atoms with E-state index >= 15 is 0 Å². The van der Waals surface area contributed by atoms with E-state index < -0.39 is 9.84 Å². The molecule has 11 heteroatoms. The Bertz CT molecular complexity index is 874. The lowest BCUT2D eigenvalue weighted by Gasteiger charge is -2.26. The fraction of sp³-hybridized carbons (Fsp3) is 0.550. The molecule has 1 aromatic carbocycles. The molecule has 1 fully saturated rings. The molecule has 1 heterocycles. The summed E-state index contributed by atoms with van der Waals surface area (Å²) in [6, 6.07) is 7.14. The van der Waals surface area contributed by atoms with Crippen molar-refractivity contribution in [2.24, 2.45) is 4.99 Å². The first-order chi connectivity index (χ1) is 14.2. The Morgan fingerprint density at radius 3 is 2.55 bits per heavy atom. The number of nitrogens with zero attached hydrogens (tertiary/aromatic N) is 2. The van der Waals surface area contributed by atoms with Crippen molar-refractivity contribution in [3.63, 3.8) is 0 Å². The zero-order valence-electron chi connectivity index (χ0n) is 18.2. The van der Waals surface area contributed by atoms with Crippen molar-refractivity contribution >= 4 is 51.6 Å². The monoisotopic (exact) mass is 565 g/mol. The smallest absolute Gasteiger partial charge is 0.254 e. The van der Waals surface area contributed by atoms with Gasteiger partial charge in [-0.1, -0.05) is 12.1 Å². The van der Waals surface area contributed by atoms with Crippen LogP contribution in [0, 0.1) is 0 Å². The lowest BCUT2D eigenvalue weighted by Crippen LogP contribution is -2.49. The number of carbonyl (C=O) groups is 2. The van der Waals surface area contributed by atoms with E-state index in [1.807, 2.05) is 26.0 Å². The molecule has 0 bridgehead atoms. The number of hydrogen-bond acceptors (Lipinski definition) is 5. The van der Waals surface area contributed by atoms with Gasteiger partial charge in [0.2, 0.25) is 5.91 Å². The fourth-order valence-electron chi connectivity index (χ4n) is 2.93. The van der Waals surface area contributed by atoms with E-state index in [2.05, 4.69) is 20.9 Å². The summed E-state index contributed by atoms with van der Waals surface area (Å²) in [5.74, 6) is 0.428. The van der Waals surface area contributed by atoms with Crippen molar-refractivity contribution in [1.82, 2.24) is 20.9 Å². The van der Waals surface area contributed by atoms with Gasteiger partial charge < -0.3 is 20.9 Å². The van der Waals surface area contributed by atoms with E-state index in [-0.39, 0.29) is 54.1 Å². The molecule has 2 amide bonds. The van der Waals surface area contributed by atoms with Crippen molar-refractivity contribution in [1.29, 1.82) is 0 Å². The van der Waals surface area contributed by atoms with Crippen molar-refractivity contribution in [3.05, 3.63) is 35.4 Å². The van der Waals surface area contributed by atoms with E-state index in [1.165, 1.54) is 11.2 Å². The number of carbonyl (C=O) groups excluding carboxylic acids is 2. The topological polar surface area (TPSA) is 120 Å². The van der Waals surface area contributed by atoms with Crippen LogP contribution in [0.4, 0.5) is 0 Å². The van der Waals surface area contributed by atoms with E-state index in [9.17, 15) is 18.0 Å². The van der Waals surface area contributed by atoms with Gasteiger partial charge in [0.15, 0.2) is 5.96 Å². The molecule has 9 nitrogen and oxygen atoms in total. The zero-order valence-corrected chi connectivity index (χ0v) is 21.3. The van der Waals surface area contributed by atoms with Gasteiger partial charge in [-0.05, 0) is 38.0 Å². The number of piperazine rings is 1. The fourth-order valence-corrected chi connectivity index (χ4v) is 3.72. The van der Waals surface area contributed by atoms with Crippen LogP contribution in [-0.4, -0.2) is 75.3 Å². The molecule has 1 atom stereocenters. The molecule has 174 valence electrons. The quantitative estimate of drug-likeness (QED) is 0.243. The molecule has 1 aliphatic rings. The molecule has 0 aromatic heterocycles. The number of aliphatic imine (C=N–C) groups is 1. The normalized spacial score (nSPS) is 15.5. The molecule has 0 aliphatic carbocycles. The highest BCUT2D eigenvalue weighted by molar-refractivity contribution is 14.0. The van der Waals surface area contributed by atoms with Gasteiger partial charge in [-0.2, -0.15) is 0 Å². The number of nitrogens with one attached hydrogen (secondary N) is 3. The molecule has 1 unspecified atom stereocenters. The Labute approximate surface area is 201 Å². The predicted molar refractivity (Wildman–Crippen MR) is 133 cm³/mol. The first-order valence-corrected chi connectivity index (χ1v) is 12.1. The van der Waals surface area contributed by atoms with Gasteiger partial charge in [-0.25, -0.2) is 13.4 Å². The number of rotatable bonds is 8. The van der Waals surface area contributed by atoms with Crippen molar-refractivity contribution < 1.29 is 18.0 Å². The van der Waals surface area contributed by atoms with Gasteiger partial charge in [0.1, 0.15) is 9.84 Å². The predicted octanol–water partition coefficient (Wildman–Crippen LogP) is 0.755. The summed E-state index contributed by atoms with van der Waals surface area (Å²) >= 11 is 0. The SMILES string of the molecule is CCNC(=NCc1ccc(C(=O)N2CCNC(=O)C2)cc1)NC(C)CCS(C)(=O)=O.I. The minimum absolute atomic E-state index is 0. The Morgan fingerprint density at radius 2 is 1.97 bits per heavy atom. The van der Waals surface area contributed by atoms with Gasteiger partial charge in [0, 0.05) is 37.5 Å². The van der Waals surface area contributed by atoms with Gasteiger partial charge in [-0.15, -0.1) is 24.0 Å². The van der Waals surface area contributed by atoms with Crippen LogP contribution in [0.5, 0.6) is 0 Å². The summed E-state index contributed by atoms with van der Waals surface area (Å²) < 4.78 is 22.7. The second-order valence-electron chi connectivity index (χ2n) is 7.43. The van der Waals surface area contributed by atoms with E-state index in [1.54, 1.807) is 12.1 Å². The molecule has 1 saturated heterocycles. The first kappa shape index (κ1) is 27.1. The Morgan fingerprint density at radius 1 is 1.29 bits per heavy atom. The van der Waals surface area contributed by atoms with Crippen LogP contribution in [0.1, 0.15) is 36.2 Å². The van der Waals surface area contributed by atoms with Gasteiger partial charge in [0.05, 0.1) is 18.8 Å². The van der Waals surface area contributed by atoms with Crippen LogP contribution in [0.2, 0.25) is 0 Å². The number of amides is 2. The number of hydrogen-bond donors (Lipinski definition) is 3. The Kier molecular flexibility index (Phi) is 11.2. The lowest BCUT2D eigenvalue weighted by molar-refractivity contribution is -0.123. The molecule has 0 spiro atoms. The van der Waals surface area contributed by atoms with Gasteiger partial charge in [-0.3, -0.25) is 9.59 Å². The molecule has 0 radical (unpaired) electrons. The largest absolute Gasteiger partial charge is 0.357 e. The van der Waals surface area contributed by atoms with E-state index in [0.29, 0.717) is 44.1 Å². The van der Waals surface area contributed by atoms with Crippen molar-refractivity contribution in [2.75, 3.05) is 38.2 Å². The van der Waals surface area contributed by atoms with Crippen molar-refractivity contribution in [3.8, 4) is 0 Å². The number of halogens is 1.